The zero-order chi connectivity index (χ0) is 20.8. The summed E-state index contributed by atoms with van der Waals surface area (Å²) in [5, 5.41) is 5.17. The van der Waals surface area contributed by atoms with Gasteiger partial charge in [0.05, 0.1) is 12.6 Å². The fourth-order valence-corrected chi connectivity index (χ4v) is 3.82. The Hall–Kier alpha value is -1.72. The zero-order valence-corrected chi connectivity index (χ0v) is 18.7. The molecule has 1 atom stereocenters. The molecular formula is C22H24Cl3N3O. The first-order valence-corrected chi connectivity index (χ1v) is 10.8. The fourth-order valence-electron chi connectivity index (χ4n) is 3.25. The van der Waals surface area contributed by atoms with Crippen LogP contribution >= 0.6 is 34.8 Å². The molecule has 3 aromatic rings. The van der Waals surface area contributed by atoms with Crippen LogP contribution in [-0.4, -0.2) is 41.3 Å². The number of pyridine rings is 1. The summed E-state index contributed by atoms with van der Waals surface area (Å²) in [6.45, 7) is 3.56. The number of fused-ring (bicyclic) bond motifs is 1. The number of alkyl halides is 2. The van der Waals surface area contributed by atoms with Crippen LogP contribution in [0.25, 0.3) is 10.9 Å². The third kappa shape index (κ3) is 5.46. The molecule has 1 heterocycles. The van der Waals surface area contributed by atoms with Gasteiger partial charge in [0.1, 0.15) is 5.75 Å². The smallest absolute Gasteiger partial charge is 0.123 e. The minimum atomic E-state index is 0.214. The van der Waals surface area contributed by atoms with Gasteiger partial charge in [-0.3, -0.25) is 9.88 Å². The number of anilines is 2. The minimum Gasteiger partial charge on any atom is -0.496 e. The van der Waals surface area contributed by atoms with Gasteiger partial charge in [0.15, 0.2) is 0 Å². The summed E-state index contributed by atoms with van der Waals surface area (Å²) >= 11 is 18.2. The third-order valence-corrected chi connectivity index (χ3v) is 5.71. The van der Waals surface area contributed by atoms with Crippen LogP contribution in [0.2, 0.25) is 5.02 Å². The van der Waals surface area contributed by atoms with Gasteiger partial charge < -0.3 is 10.1 Å². The van der Waals surface area contributed by atoms with Crippen molar-refractivity contribution in [1.29, 1.82) is 0 Å². The fraction of sp³-hybridized carbons (Fsp3) is 0.318. The van der Waals surface area contributed by atoms with Crippen LogP contribution in [-0.2, 0) is 6.54 Å². The Morgan fingerprint density at radius 3 is 2.69 bits per heavy atom. The average Bonchev–Trinajstić information content (AvgIpc) is 2.73. The Balaban J connectivity index is 1.91. The van der Waals surface area contributed by atoms with E-state index in [-0.39, 0.29) is 6.04 Å². The van der Waals surface area contributed by atoms with E-state index in [0.29, 0.717) is 23.3 Å². The van der Waals surface area contributed by atoms with Crippen molar-refractivity contribution in [2.45, 2.75) is 19.5 Å². The number of hydrogen-bond donors (Lipinski definition) is 1. The van der Waals surface area contributed by atoms with E-state index in [1.807, 2.05) is 36.4 Å². The SMILES string of the molecule is COc1ccc(Nc2ccnc3cc(Cl)ccc23)cc1CN(CCCl)[C@H](C)CCl. The molecule has 0 aliphatic rings. The van der Waals surface area contributed by atoms with Crippen molar-refractivity contribution in [2.24, 2.45) is 0 Å². The number of rotatable bonds is 9. The van der Waals surface area contributed by atoms with Gasteiger partial charge >= 0.3 is 0 Å². The number of benzene rings is 2. The molecule has 154 valence electrons. The second-order valence-electron chi connectivity index (χ2n) is 6.83. The van der Waals surface area contributed by atoms with Crippen LogP contribution in [0.4, 0.5) is 11.4 Å². The Kier molecular flexibility index (Phi) is 7.84. The number of hydrogen-bond acceptors (Lipinski definition) is 4. The van der Waals surface area contributed by atoms with E-state index in [4.69, 9.17) is 39.5 Å². The molecule has 0 saturated heterocycles. The predicted molar refractivity (Wildman–Crippen MR) is 124 cm³/mol. The molecule has 1 aromatic heterocycles. The van der Waals surface area contributed by atoms with Gasteiger partial charge in [-0.05, 0) is 49.4 Å². The van der Waals surface area contributed by atoms with Gasteiger partial charge in [-0.1, -0.05) is 11.6 Å². The summed E-state index contributed by atoms with van der Waals surface area (Å²) in [6.07, 6.45) is 1.77. The molecule has 7 heteroatoms. The zero-order valence-electron chi connectivity index (χ0n) is 16.5. The average molecular weight is 453 g/mol. The van der Waals surface area contributed by atoms with Gasteiger partial charge in [-0.2, -0.15) is 0 Å². The van der Waals surface area contributed by atoms with Gasteiger partial charge in [0, 0.05) is 64.4 Å². The van der Waals surface area contributed by atoms with Crippen LogP contribution in [0.5, 0.6) is 5.75 Å². The standard InChI is InChI=1S/C22H24Cl3N3O/c1-15(13-24)28(10-8-23)14-16-11-18(4-6-22(16)29-2)27-20-7-9-26-21-12-17(25)3-5-19(20)21/h3-7,9,11-12,15H,8,10,13-14H2,1-2H3,(H,26,27)/t15-/m1/s1. The summed E-state index contributed by atoms with van der Waals surface area (Å²) in [7, 11) is 1.68. The highest BCUT2D eigenvalue weighted by Gasteiger charge is 2.16. The lowest BCUT2D eigenvalue weighted by Gasteiger charge is -2.28. The summed E-state index contributed by atoms with van der Waals surface area (Å²) in [6, 6.07) is 13.9. The first-order valence-electron chi connectivity index (χ1n) is 9.40. The van der Waals surface area contributed by atoms with Gasteiger partial charge in [0.2, 0.25) is 0 Å². The van der Waals surface area contributed by atoms with E-state index in [0.717, 1.165) is 40.1 Å². The van der Waals surface area contributed by atoms with E-state index in [1.54, 1.807) is 13.3 Å². The van der Waals surface area contributed by atoms with Crippen LogP contribution < -0.4 is 10.1 Å². The van der Waals surface area contributed by atoms with Crippen molar-refractivity contribution in [3.63, 3.8) is 0 Å². The monoisotopic (exact) mass is 451 g/mol. The van der Waals surface area contributed by atoms with Crippen molar-refractivity contribution in [3.8, 4) is 5.75 Å². The number of nitrogens with one attached hydrogen (secondary N) is 1. The lowest BCUT2D eigenvalue weighted by atomic mass is 10.1. The Bertz CT molecular complexity index is 967. The molecule has 0 amide bonds. The minimum absolute atomic E-state index is 0.214. The second kappa shape index (κ2) is 10.4. The molecule has 0 radical (unpaired) electrons. The molecule has 29 heavy (non-hydrogen) atoms. The number of nitrogens with zero attached hydrogens (tertiary/aromatic N) is 2. The van der Waals surface area contributed by atoms with Crippen molar-refractivity contribution in [1.82, 2.24) is 9.88 Å². The van der Waals surface area contributed by atoms with E-state index >= 15 is 0 Å². The highest BCUT2D eigenvalue weighted by molar-refractivity contribution is 6.31. The molecule has 0 fully saturated rings. The van der Waals surface area contributed by atoms with E-state index in [1.165, 1.54) is 0 Å². The summed E-state index contributed by atoms with van der Waals surface area (Å²) in [4.78, 5) is 6.66. The summed E-state index contributed by atoms with van der Waals surface area (Å²) in [5.74, 6) is 1.93. The molecule has 1 N–H and O–H groups in total. The molecule has 0 aliphatic heterocycles. The summed E-state index contributed by atoms with van der Waals surface area (Å²) in [5.41, 5.74) is 3.85. The summed E-state index contributed by atoms with van der Waals surface area (Å²) < 4.78 is 5.58. The van der Waals surface area contributed by atoms with Gasteiger partial charge in [-0.25, -0.2) is 0 Å². The van der Waals surface area contributed by atoms with Crippen LogP contribution in [0, 0.1) is 0 Å². The maximum atomic E-state index is 6.10. The molecule has 0 spiro atoms. The third-order valence-electron chi connectivity index (χ3n) is 4.86. The molecule has 2 aromatic carbocycles. The Labute approximate surface area is 186 Å². The topological polar surface area (TPSA) is 37.4 Å². The quantitative estimate of drug-likeness (QED) is 0.386. The first kappa shape index (κ1) is 22.0. The molecule has 0 aliphatic carbocycles. The number of ether oxygens (including phenoxy) is 1. The van der Waals surface area contributed by atoms with E-state index in [9.17, 15) is 0 Å². The van der Waals surface area contributed by atoms with Crippen LogP contribution in [0.1, 0.15) is 12.5 Å². The first-order chi connectivity index (χ1) is 14.0. The molecular weight excluding hydrogens is 429 g/mol. The van der Waals surface area contributed by atoms with Crippen LogP contribution in [0.15, 0.2) is 48.7 Å². The molecule has 0 bridgehead atoms. The molecule has 0 saturated carbocycles. The molecule has 3 rings (SSSR count). The Morgan fingerprint density at radius 2 is 1.97 bits per heavy atom. The highest BCUT2D eigenvalue weighted by Crippen LogP contribution is 2.30. The van der Waals surface area contributed by atoms with Crippen molar-refractivity contribution >= 4 is 57.1 Å². The second-order valence-corrected chi connectivity index (χ2v) is 7.96. The van der Waals surface area contributed by atoms with Crippen LogP contribution in [0.3, 0.4) is 0 Å². The number of aromatic nitrogens is 1. The molecule has 4 nitrogen and oxygen atoms in total. The number of halogens is 3. The van der Waals surface area contributed by atoms with E-state index < -0.39 is 0 Å². The maximum absolute atomic E-state index is 6.10. The lowest BCUT2D eigenvalue weighted by molar-refractivity contribution is 0.225. The van der Waals surface area contributed by atoms with Gasteiger partial charge in [0.25, 0.3) is 0 Å². The van der Waals surface area contributed by atoms with Gasteiger partial charge in [-0.15, -0.1) is 23.2 Å². The van der Waals surface area contributed by atoms with E-state index in [2.05, 4.69) is 28.2 Å². The van der Waals surface area contributed by atoms with Crippen molar-refractivity contribution in [2.75, 3.05) is 30.7 Å². The molecule has 0 unspecified atom stereocenters. The largest absolute Gasteiger partial charge is 0.496 e. The van der Waals surface area contributed by atoms with Crippen molar-refractivity contribution < 1.29 is 4.74 Å². The number of methoxy groups -OCH3 is 1. The predicted octanol–water partition coefficient (Wildman–Crippen LogP) is 6.31. The van der Waals surface area contributed by atoms with Crippen molar-refractivity contribution in [3.05, 3.63) is 59.2 Å². The highest BCUT2D eigenvalue weighted by atomic mass is 35.5. The lowest BCUT2D eigenvalue weighted by Crippen LogP contribution is -2.35. The normalized spacial score (nSPS) is 12.3. The Morgan fingerprint density at radius 1 is 1.14 bits per heavy atom. The maximum Gasteiger partial charge on any atom is 0.123 e.